The minimum Gasteiger partial charge on any atom is -0.348 e. The summed E-state index contributed by atoms with van der Waals surface area (Å²) in [4.78, 5) is 12.1. The number of aryl methyl sites for hydroxylation is 1. The van der Waals surface area contributed by atoms with Crippen molar-refractivity contribution in [3.63, 3.8) is 0 Å². The molecule has 23 heavy (non-hydrogen) atoms. The fourth-order valence-corrected chi connectivity index (χ4v) is 5.60. The van der Waals surface area contributed by atoms with E-state index in [-0.39, 0.29) is 23.6 Å². The van der Waals surface area contributed by atoms with Gasteiger partial charge in [0.25, 0.3) is 0 Å². The summed E-state index contributed by atoms with van der Waals surface area (Å²) >= 11 is 0. The molecular weight excluding hydrogens is 312 g/mol. The molecule has 0 bridgehead atoms. The molecule has 2 aliphatic heterocycles. The van der Waals surface area contributed by atoms with Gasteiger partial charge in [0.2, 0.25) is 0 Å². The number of hydrogen-bond donors (Lipinski definition) is 1. The first-order chi connectivity index (χ1) is 10.9. The van der Waals surface area contributed by atoms with Crippen LogP contribution in [0, 0.1) is 6.92 Å². The standard InChI is InChI=1S/C16H26N4O2S/c1-12(2)4-5-19-6-7-20(8-14-13(3)17-11-18-14)16-10-23(21,22)9-15(16)19/h4,11,15-16H,5-10H2,1-3H3,(H,17,18). The number of piperazine rings is 1. The average Bonchev–Trinajstić information content (AvgIpc) is 3.00. The fraction of sp³-hybridized carbons (Fsp3) is 0.688. The Morgan fingerprint density at radius 1 is 1.30 bits per heavy atom. The zero-order valence-electron chi connectivity index (χ0n) is 14.1. The van der Waals surface area contributed by atoms with Crippen molar-refractivity contribution < 1.29 is 8.42 Å². The molecule has 0 amide bonds. The number of aromatic amines is 1. The second kappa shape index (κ2) is 6.37. The number of hydrogen-bond acceptors (Lipinski definition) is 5. The molecule has 3 heterocycles. The molecule has 0 aliphatic carbocycles. The number of rotatable bonds is 4. The molecule has 0 aromatic carbocycles. The van der Waals surface area contributed by atoms with Gasteiger partial charge >= 0.3 is 0 Å². The summed E-state index contributed by atoms with van der Waals surface area (Å²) < 4.78 is 24.4. The average molecular weight is 338 g/mol. The molecule has 2 aliphatic rings. The number of allylic oxidation sites excluding steroid dienone is 1. The number of nitrogens with zero attached hydrogens (tertiary/aromatic N) is 3. The second-order valence-corrected chi connectivity index (χ2v) is 9.09. The third kappa shape index (κ3) is 3.67. The van der Waals surface area contributed by atoms with Gasteiger partial charge in [-0.25, -0.2) is 13.4 Å². The lowest BCUT2D eigenvalue weighted by Gasteiger charge is -2.43. The van der Waals surface area contributed by atoms with Crippen LogP contribution in [0.3, 0.4) is 0 Å². The van der Waals surface area contributed by atoms with Crippen molar-refractivity contribution >= 4 is 9.84 Å². The maximum absolute atomic E-state index is 12.2. The van der Waals surface area contributed by atoms with Crippen molar-refractivity contribution in [3.05, 3.63) is 29.4 Å². The van der Waals surface area contributed by atoms with Crippen LogP contribution in [-0.4, -0.2) is 71.4 Å². The smallest absolute Gasteiger partial charge is 0.153 e. The van der Waals surface area contributed by atoms with Gasteiger partial charge in [0.1, 0.15) is 0 Å². The summed E-state index contributed by atoms with van der Waals surface area (Å²) in [7, 11) is -2.95. The van der Waals surface area contributed by atoms with Crippen LogP contribution in [0.5, 0.6) is 0 Å². The van der Waals surface area contributed by atoms with Gasteiger partial charge in [0, 0.05) is 44.0 Å². The number of imidazole rings is 1. The van der Waals surface area contributed by atoms with E-state index in [0.717, 1.165) is 37.6 Å². The molecule has 2 fully saturated rings. The number of H-pyrrole nitrogens is 1. The topological polar surface area (TPSA) is 69.3 Å². The Balaban J connectivity index is 1.78. The lowest BCUT2D eigenvalue weighted by atomic mass is 10.0. The Kier molecular flexibility index (Phi) is 4.62. The predicted molar refractivity (Wildman–Crippen MR) is 91.0 cm³/mol. The molecule has 1 aromatic rings. The van der Waals surface area contributed by atoms with E-state index in [1.807, 2.05) is 6.92 Å². The van der Waals surface area contributed by atoms with E-state index in [1.54, 1.807) is 6.33 Å². The molecular formula is C16H26N4O2S. The van der Waals surface area contributed by atoms with E-state index in [1.165, 1.54) is 5.57 Å². The number of nitrogens with one attached hydrogen (secondary N) is 1. The van der Waals surface area contributed by atoms with Gasteiger partial charge < -0.3 is 4.98 Å². The summed E-state index contributed by atoms with van der Waals surface area (Å²) in [5.41, 5.74) is 3.36. The van der Waals surface area contributed by atoms with Crippen LogP contribution >= 0.6 is 0 Å². The normalized spacial score (nSPS) is 27.8. The lowest BCUT2D eigenvalue weighted by Crippen LogP contribution is -2.58. The highest BCUT2D eigenvalue weighted by Gasteiger charge is 2.46. The summed E-state index contributed by atoms with van der Waals surface area (Å²) in [6.07, 6.45) is 3.90. The Labute approximate surface area is 138 Å². The predicted octanol–water partition coefficient (Wildman–Crippen LogP) is 0.968. The van der Waals surface area contributed by atoms with E-state index in [2.05, 4.69) is 39.7 Å². The quantitative estimate of drug-likeness (QED) is 0.829. The number of sulfone groups is 1. The molecule has 2 unspecified atom stereocenters. The maximum atomic E-state index is 12.2. The molecule has 0 saturated carbocycles. The minimum atomic E-state index is -2.95. The van der Waals surface area contributed by atoms with Crippen molar-refractivity contribution in [2.45, 2.75) is 39.4 Å². The first kappa shape index (κ1) is 16.7. The van der Waals surface area contributed by atoms with Gasteiger partial charge in [-0.05, 0) is 20.8 Å². The van der Waals surface area contributed by atoms with Crippen LogP contribution in [0.15, 0.2) is 18.0 Å². The Bertz CT molecular complexity index is 691. The van der Waals surface area contributed by atoms with Crippen LogP contribution in [-0.2, 0) is 16.4 Å². The van der Waals surface area contributed by atoms with Crippen LogP contribution < -0.4 is 0 Å². The molecule has 1 aromatic heterocycles. The molecule has 0 radical (unpaired) electrons. The molecule has 3 rings (SSSR count). The fourth-order valence-electron chi connectivity index (χ4n) is 3.56. The van der Waals surface area contributed by atoms with Crippen molar-refractivity contribution in [1.29, 1.82) is 0 Å². The number of fused-ring (bicyclic) bond motifs is 1. The van der Waals surface area contributed by atoms with E-state index < -0.39 is 9.84 Å². The van der Waals surface area contributed by atoms with Crippen molar-refractivity contribution in [2.75, 3.05) is 31.1 Å². The highest BCUT2D eigenvalue weighted by atomic mass is 32.2. The highest BCUT2D eigenvalue weighted by Crippen LogP contribution is 2.28. The van der Waals surface area contributed by atoms with Crippen LogP contribution in [0.25, 0.3) is 0 Å². The van der Waals surface area contributed by atoms with E-state index in [0.29, 0.717) is 0 Å². The highest BCUT2D eigenvalue weighted by molar-refractivity contribution is 7.91. The summed E-state index contributed by atoms with van der Waals surface area (Å²) in [5, 5.41) is 0. The Hall–Kier alpha value is -1.18. The number of aromatic nitrogens is 2. The molecule has 0 spiro atoms. The van der Waals surface area contributed by atoms with Crippen molar-refractivity contribution in [2.24, 2.45) is 0 Å². The first-order valence-electron chi connectivity index (χ1n) is 8.16. The SMILES string of the molecule is CC(C)=CCN1CCN(Cc2nc[nH]c2C)C2CS(=O)(=O)CC21. The van der Waals surface area contributed by atoms with Crippen LogP contribution in [0.1, 0.15) is 25.2 Å². The van der Waals surface area contributed by atoms with Gasteiger partial charge in [-0.3, -0.25) is 9.80 Å². The second-order valence-electron chi connectivity index (χ2n) is 6.93. The van der Waals surface area contributed by atoms with Gasteiger partial charge in [-0.2, -0.15) is 0 Å². The van der Waals surface area contributed by atoms with E-state index in [9.17, 15) is 8.42 Å². The van der Waals surface area contributed by atoms with Gasteiger partial charge in [0.15, 0.2) is 9.84 Å². The van der Waals surface area contributed by atoms with Crippen molar-refractivity contribution in [1.82, 2.24) is 19.8 Å². The molecule has 6 nitrogen and oxygen atoms in total. The molecule has 128 valence electrons. The first-order valence-corrected chi connectivity index (χ1v) is 9.98. The zero-order valence-corrected chi connectivity index (χ0v) is 14.9. The monoisotopic (exact) mass is 338 g/mol. The molecule has 2 atom stereocenters. The maximum Gasteiger partial charge on any atom is 0.153 e. The molecule has 1 N–H and O–H groups in total. The molecule has 7 heteroatoms. The summed E-state index contributed by atoms with van der Waals surface area (Å²) in [6, 6.07) is 0.180. The van der Waals surface area contributed by atoms with Crippen molar-refractivity contribution in [3.8, 4) is 0 Å². The summed E-state index contributed by atoms with van der Waals surface area (Å²) in [6.45, 7) is 9.54. The van der Waals surface area contributed by atoms with Gasteiger partial charge in [-0.1, -0.05) is 11.6 Å². The third-order valence-electron chi connectivity index (χ3n) is 4.93. The van der Waals surface area contributed by atoms with Gasteiger partial charge in [-0.15, -0.1) is 0 Å². The largest absolute Gasteiger partial charge is 0.348 e. The lowest BCUT2D eigenvalue weighted by molar-refractivity contribution is 0.0469. The Morgan fingerprint density at radius 2 is 1.96 bits per heavy atom. The minimum absolute atomic E-state index is 0.0791. The Morgan fingerprint density at radius 3 is 2.57 bits per heavy atom. The van der Waals surface area contributed by atoms with Gasteiger partial charge in [0.05, 0.1) is 23.5 Å². The van der Waals surface area contributed by atoms with E-state index in [4.69, 9.17) is 0 Å². The molecule has 2 saturated heterocycles. The van der Waals surface area contributed by atoms with Crippen LogP contribution in [0.4, 0.5) is 0 Å². The zero-order chi connectivity index (χ0) is 16.6. The van der Waals surface area contributed by atoms with Crippen LogP contribution in [0.2, 0.25) is 0 Å². The van der Waals surface area contributed by atoms with E-state index >= 15 is 0 Å². The summed E-state index contributed by atoms with van der Waals surface area (Å²) in [5.74, 6) is 0.552. The third-order valence-corrected chi connectivity index (χ3v) is 6.63.